The first-order valence-electron chi connectivity index (χ1n) is 11.7. The molecule has 0 bridgehead atoms. The third-order valence-corrected chi connectivity index (χ3v) is 7.44. The number of hydrogen-bond donors (Lipinski definition) is 3. The summed E-state index contributed by atoms with van der Waals surface area (Å²) in [5, 5.41) is 26.2. The largest absolute Gasteiger partial charge is 0.465 e. The van der Waals surface area contributed by atoms with Crippen LogP contribution in [0.15, 0.2) is 48.5 Å². The van der Waals surface area contributed by atoms with Crippen molar-refractivity contribution in [3.05, 3.63) is 64.7 Å². The molecule has 1 amide bonds. The first-order valence-corrected chi connectivity index (χ1v) is 12.1. The summed E-state index contributed by atoms with van der Waals surface area (Å²) in [6.45, 7) is 1.84. The van der Waals surface area contributed by atoms with E-state index in [2.05, 4.69) is 21.6 Å². The first kappa shape index (κ1) is 23.4. The first-order chi connectivity index (χ1) is 16.0. The summed E-state index contributed by atoms with van der Waals surface area (Å²) < 4.78 is 0. The van der Waals surface area contributed by atoms with E-state index in [1.54, 1.807) is 0 Å². The fraction of sp³-hybridized carbons (Fsp3) is 0.462. The number of amides is 1. The van der Waals surface area contributed by atoms with E-state index in [-0.39, 0.29) is 12.1 Å². The van der Waals surface area contributed by atoms with Crippen molar-refractivity contribution in [3.8, 4) is 6.07 Å². The molecule has 1 heterocycles. The summed E-state index contributed by atoms with van der Waals surface area (Å²) in [7, 11) is 0. The van der Waals surface area contributed by atoms with Gasteiger partial charge < -0.3 is 20.6 Å². The van der Waals surface area contributed by atoms with Gasteiger partial charge in [0.15, 0.2) is 0 Å². The fourth-order valence-corrected chi connectivity index (χ4v) is 5.66. The van der Waals surface area contributed by atoms with Crippen LogP contribution in [0.4, 0.5) is 10.5 Å². The average Bonchev–Trinajstić information content (AvgIpc) is 2.82. The Morgan fingerprint density at radius 1 is 1.15 bits per heavy atom. The lowest BCUT2D eigenvalue weighted by molar-refractivity contribution is 0.130. The molecule has 1 saturated carbocycles. The Kier molecular flexibility index (Phi) is 7.42. The van der Waals surface area contributed by atoms with Gasteiger partial charge in [-0.2, -0.15) is 5.26 Å². The summed E-state index contributed by atoms with van der Waals surface area (Å²) in [6.07, 6.45) is 5.49. The molecule has 2 fully saturated rings. The van der Waals surface area contributed by atoms with Gasteiger partial charge in [-0.3, -0.25) is 0 Å². The number of nitrogens with one attached hydrogen (secondary N) is 2. The Labute approximate surface area is 200 Å². The van der Waals surface area contributed by atoms with Gasteiger partial charge in [0, 0.05) is 35.9 Å². The van der Waals surface area contributed by atoms with E-state index in [9.17, 15) is 9.90 Å². The van der Waals surface area contributed by atoms with Gasteiger partial charge in [-0.25, -0.2) is 4.79 Å². The van der Waals surface area contributed by atoms with Crippen LogP contribution >= 0.6 is 11.6 Å². The number of piperidine rings is 1. The number of anilines is 1. The Balaban J connectivity index is 1.52. The minimum absolute atomic E-state index is 0.0320. The van der Waals surface area contributed by atoms with Crippen LogP contribution in [-0.4, -0.2) is 41.9 Å². The molecule has 1 aliphatic heterocycles. The molecule has 3 N–H and O–H groups in total. The normalized spacial score (nSPS) is 25.3. The zero-order valence-electron chi connectivity index (χ0n) is 18.8. The monoisotopic (exact) mass is 466 g/mol. The third-order valence-electron chi connectivity index (χ3n) is 7.07. The Morgan fingerprint density at radius 3 is 2.67 bits per heavy atom. The highest BCUT2D eigenvalue weighted by Crippen LogP contribution is 2.35. The lowest BCUT2D eigenvalue weighted by Gasteiger charge is -2.47. The Bertz CT molecular complexity index is 1010. The lowest BCUT2D eigenvalue weighted by atomic mass is 9.73. The van der Waals surface area contributed by atoms with Crippen LogP contribution < -0.4 is 15.5 Å². The minimum Gasteiger partial charge on any atom is -0.465 e. The number of nitrogens with zero attached hydrogens (tertiary/aromatic N) is 2. The van der Waals surface area contributed by atoms with E-state index in [0.717, 1.165) is 62.9 Å². The van der Waals surface area contributed by atoms with Gasteiger partial charge in [-0.1, -0.05) is 42.6 Å². The molecular formula is C26H31ClN4O2. The zero-order valence-corrected chi connectivity index (χ0v) is 19.5. The number of benzene rings is 2. The van der Waals surface area contributed by atoms with Crippen LogP contribution in [-0.2, 0) is 6.42 Å². The molecular weight excluding hydrogens is 436 g/mol. The highest BCUT2D eigenvalue weighted by Gasteiger charge is 2.43. The summed E-state index contributed by atoms with van der Waals surface area (Å²) in [4.78, 5) is 14.2. The predicted molar refractivity (Wildman–Crippen MR) is 131 cm³/mol. The molecule has 0 aromatic heterocycles. The lowest BCUT2D eigenvalue weighted by Crippen LogP contribution is -2.66. The van der Waals surface area contributed by atoms with Gasteiger partial charge in [0.25, 0.3) is 0 Å². The van der Waals surface area contributed by atoms with Crippen molar-refractivity contribution >= 4 is 23.4 Å². The molecule has 1 saturated heterocycles. The summed E-state index contributed by atoms with van der Waals surface area (Å²) in [5.74, 6) is 0. The molecule has 174 valence electrons. The van der Waals surface area contributed by atoms with E-state index in [1.807, 2.05) is 48.5 Å². The molecule has 7 heteroatoms. The van der Waals surface area contributed by atoms with Gasteiger partial charge in [-0.05, 0) is 68.0 Å². The van der Waals surface area contributed by atoms with Gasteiger partial charge in [-0.15, -0.1) is 0 Å². The topological polar surface area (TPSA) is 88.4 Å². The van der Waals surface area contributed by atoms with E-state index >= 15 is 0 Å². The van der Waals surface area contributed by atoms with Crippen molar-refractivity contribution in [1.29, 1.82) is 5.26 Å². The molecule has 3 atom stereocenters. The van der Waals surface area contributed by atoms with Crippen LogP contribution in [0, 0.1) is 11.3 Å². The number of rotatable bonds is 6. The summed E-state index contributed by atoms with van der Waals surface area (Å²) in [6, 6.07) is 17.9. The van der Waals surface area contributed by atoms with E-state index < -0.39 is 11.6 Å². The van der Waals surface area contributed by atoms with E-state index in [1.165, 1.54) is 0 Å². The molecule has 0 radical (unpaired) electrons. The minimum atomic E-state index is -0.987. The second-order valence-electron chi connectivity index (χ2n) is 9.26. The second-order valence-corrected chi connectivity index (χ2v) is 9.67. The highest BCUT2D eigenvalue weighted by molar-refractivity contribution is 6.31. The maximum atomic E-state index is 11.9. The van der Waals surface area contributed by atoms with Crippen molar-refractivity contribution < 1.29 is 9.90 Å². The molecule has 6 nitrogen and oxygen atoms in total. The van der Waals surface area contributed by atoms with Gasteiger partial charge in [0.2, 0.25) is 0 Å². The van der Waals surface area contributed by atoms with Crippen LogP contribution in [0.25, 0.3) is 0 Å². The van der Waals surface area contributed by atoms with Crippen LogP contribution in [0.5, 0.6) is 0 Å². The number of carbonyl (C=O) groups is 1. The van der Waals surface area contributed by atoms with E-state index in [0.29, 0.717) is 17.0 Å². The molecule has 33 heavy (non-hydrogen) atoms. The van der Waals surface area contributed by atoms with Gasteiger partial charge >= 0.3 is 6.09 Å². The van der Waals surface area contributed by atoms with Crippen molar-refractivity contribution in [2.24, 2.45) is 0 Å². The van der Waals surface area contributed by atoms with Crippen molar-refractivity contribution in [1.82, 2.24) is 10.6 Å². The average molecular weight is 467 g/mol. The SMILES string of the molecule is N#Cc1ccc(N2CCCC(NC3CCCCC3(Cc3ccccc3Cl)NC(=O)O)C2)cc1. The third kappa shape index (κ3) is 5.61. The smallest absolute Gasteiger partial charge is 0.405 e. The zero-order chi connectivity index (χ0) is 23.3. The van der Waals surface area contributed by atoms with Crippen molar-refractivity contribution in [2.45, 2.75) is 62.6 Å². The number of nitriles is 1. The second kappa shape index (κ2) is 10.5. The van der Waals surface area contributed by atoms with E-state index in [4.69, 9.17) is 16.9 Å². The van der Waals surface area contributed by atoms with Crippen LogP contribution in [0.2, 0.25) is 5.02 Å². The predicted octanol–water partition coefficient (Wildman–Crippen LogP) is 4.96. The molecule has 0 spiro atoms. The summed E-state index contributed by atoms with van der Waals surface area (Å²) >= 11 is 6.47. The highest BCUT2D eigenvalue weighted by atomic mass is 35.5. The number of hydrogen-bond acceptors (Lipinski definition) is 4. The maximum absolute atomic E-state index is 11.9. The number of halogens is 1. The van der Waals surface area contributed by atoms with Crippen molar-refractivity contribution in [2.75, 3.05) is 18.0 Å². The molecule has 3 unspecified atom stereocenters. The maximum Gasteiger partial charge on any atom is 0.405 e. The molecule has 2 aromatic carbocycles. The molecule has 2 aliphatic rings. The molecule has 4 rings (SSSR count). The molecule has 2 aromatic rings. The quantitative estimate of drug-likeness (QED) is 0.559. The Hall–Kier alpha value is -2.75. The molecule has 1 aliphatic carbocycles. The van der Waals surface area contributed by atoms with Gasteiger partial charge in [0.1, 0.15) is 0 Å². The standard InChI is InChI=1S/C26H31ClN4O2/c27-23-8-2-1-6-20(23)16-26(30-25(32)33)14-4-3-9-24(26)29-21-7-5-15-31(18-21)22-12-10-19(17-28)11-13-22/h1-2,6,8,10-13,21,24,29-30H,3-5,7,9,14-16,18H2,(H,32,33). The Morgan fingerprint density at radius 2 is 1.94 bits per heavy atom. The van der Waals surface area contributed by atoms with Crippen LogP contribution in [0.3, 0.4) is 0 Å². The fourth-order valence-electron chi connectivity index (χ4n) is 5.46. The van der Waals surface area contributed by atoms with Crippen LogP contribution in [0.1, 0.15) is 49.7 Å². The van der Waals surface area contributed by atoms with Crippen molar-refractivity contribution in [3.63, 3.8) is 0 Å². The number of carboxylic acid groups (broad SMARTS) is 1. The summed E-state index contributed by atoms with van der Waals surface area (Å²) in [5.41, 5.74) is 2.17. The van der Waals surface area contributed by atoms with Gasteiger partial charge in [0.05, 0.1) is 17.2 Å².